The van der Waals surface area contributed by atoms with Crippen molar-refractivity contribution < 1.29 is 13.2 Å². The second kappa shape index (κ2) is 5.79. The average Bonchev–Trinajstić information content (AvgIpc) is 3.03. The van der Waals surface area contributed by atoms with Crippen molar-refractivity contribution in [1.29, 1.82) is 0 Å². The highest BCUT2D eigenvalue weighted by Crippen LogP contribution is 2.28. The lowest BCUT2D eigenvalue weighted by atomic mass is 10.4. The molecule has 1 saturated carbocycles. The molecule has 0 spiro atoms. The van der Waals surface area contributed by atoms with Crippen LogP contribution in [-0.2, 0) is 21.3 Å². The van der Waals surface area contributed by atoms with Crippen molar-refractivity contribution in [2.75, 3.05) is 19.8 Å². The third-order valence-electron chi connectivity index (χ3n) is 2.76. The lowest BCUT2D eigenvalue weighted by Gasteiger charge is -2.06. The van der Waals surface area contributed by atoms with Crippen LogP contribution in [0.25, 0.3) is 0 Å². The zero-order valence-corrected chi connectivity index (χ0v) is 10.9. The number of nitrogens with zero attached hydrogens (tertiary/aromatic N) is 1. The van der Waals surface area contributed by atoms with Crippen molar-refractivity contribution >= 4 is 10.0 Å². The quantitative estimate of drug-likeness (QED) is 0.557. The molecule has 0 bridgehead atoms. The van der Waals surface area contributed by atoms with E-state index in [2.05, 4.69) is 14.9 Å². The number of H-pyrrole nitrogens is 1. The largest absolute Gasteiger partial charge is 0.380 e. The molecule has 0 saturated heterocycles. The van der Waals surface area contributed by atoms with Crippen molar-refractivity contribution in [3.8, 4) is 0 Å². The summed E-state index contributed by atoms with van der Waals surface area (Å²) in [5.41, 5.74) is 5.90. The van der Waals surface area contributed by atoms with Crippen molar-refractivity contribution in [3.63, 3.8) is 0 Å². The fraction of sp³-hybridized carbons (Fsp3) is 0.700. The van der Waals surface area contributed by atoms with E-state index in [0.29, 0.717) is 18.1 Å². The SMILES string of the molecule is NCc1cn[nH]c1S(=O)(=O)NCCOCC1CC1. The molecule has 1 heterocycles. The Labute approximate surface area is 106 Å². The molecule has 1 aliphatic rings. The number of ether oxygens (including phenoxy) is 1. The van der Waals surface area contributed by atoms with Crippen molar-refractivity contribution in [3.05, 3.63) is 11.8 Å². The van der Waals surface area contributed by atoms with Gasteiger partial charge < -0.3 is 10.5 Å². The molecule has 8 heteroatoms. The van der Waals surface area contributed by atoms with E-state index in [0.717, 1.165) is 6.61 Å². The van der Waals surface area contributed by atoms with Gasteiger partial charge in [0.25, 0.3) is 10.0 Å². The van der Waals surface area contributed by atoms with Gasteiger partial charge in [0, 0.05) is 25.3 Å². The summed E-state index contributed by atoms with van der Waals surface area (Å²) in [7, 11) is -3.57. The number of sulfonamides is 1. The third-order valence-corrected chi connectivity index (χ3v) is 4.23. The lowest BCUT2D eigenvalue weighted by molar-refractivity contribution is 0.129. The number of rotatable bonds is 8. The Morgan fingerprint density at radius 2 is 2.33 bits per heavy atom. The van der Waals surface area contributed by atoms with Gasteiger partial charge in [0.1, 0.15) is 0 Å². The minimum absolute atomic E-state index is 0.0344. The Morgan fingerprint density at radius 3 is 3.00 bits per heavy atom. The first-order valence-corrected chi connectivity index (χ1v) is 7.41. The van der Waals surface area contributed by atoms with Gasteiger partial charge in [-0.05, 0) is 18.8 Å². The average molecular weight is 274 g/mol. The zero-order valence-electron chi connectivity index (χ0n) is 10.1. The van der Waals surface area contributed by atoms with Crippen LogP contribution in [0.5, 0.6) is 0 Å². The van der Waals surface area contributed by atoms with E-state index in [4.69, 9.17) is 10.5 Å². The summed E-state index contributed by atoms with van der Waals surface area (Å²) in [4.78, 5) is 0. The van der Waals surface area contributed by atoms with E-state index in [1.54, 1.807) is 0 Å². The van der Waals surface area contributed by atoms with Gasteiger partial charge in [0.15, 0.2) is 5.03 Å². The van der Waals surface area contributed by atoms with E-state index < -0.39 is 10.0 Å². The summed E-state index contributed by atoms with van der Waals surface area (Å²) in [6.45, 7) is 1.48. The van der Waals surface area contributed by atoms with Crippen LogP contribution in [-0.4, -0.2) is 38.4 Å². The number of hydrogen-bond donors (Lipinski definition) is 3. The molecule has 102 valence electrons. The molecule has 1 aromatic rings. The van der Waals surface area contributed by atoms with E-state index in [1.165, 1.54) is 19.0 Å². The van der Waals surface area contributed by atoms with Crippen molar-refractivity contribution in [2.24, 2.45) is 11.7 Å². The van der Waals surface area contributed by atoms with Gasteiger partial charge in [-0.25, -0.2) is 13.1 Å². The second-order valence-corrected chi connectivity index (χ2v) is 6.05. The Hall–Kier alpha value is -0.960. The van der Waals surface area contributed by atoms with Crippen LogP contribution in [0.15, 0.2) is 11.2 Å². The molecular formula is C10H18N4O3S. The monoisotopic (exact) mass is 274 g/mol. The maximum absolute atomic E-state index is 11.9. The van der Waals surface area contributed by atoms with Gasteiger partial charge in [-0.1, -0.05) is 0 Å². The standard InChI is InChI=1S/C10H18N4O3S/c11-5-9-6-12-14-10(9)18(15,16)13-3-4-17-7-8-1-2-8/h6,8,13H,1-5,7,11H2,(H,12,14). The smallest absolute Gasteiger partial charge is 0.257 e. The summed E-state index contributed by atoms with van der Waals surface area (Å²) in [6.07, 6.45) is 3.86. The minimum Gasteiger partial charge on any atom is -0.380 e. The Kier molecular flexibility index (Phi) is 4.33. The number of aromatic amines is 1. The van der Waals surface area contributed by atoms with Crippen molar-refractivity contribution in [2.45, 2.75) is 24.4 Å². The molecule has 0 amide bonds. The van der Waals surface area contributed by atoms with Gasteiger partial charge in [-0.3, -0.25) is 5.10 Å². The molecule has 1 aromatic heterocycles. The van der Waals surface area contributed by atoms with E-state index >= 15 is 0 Å². The summed E-state index contributed by atoms with van der Waals surface area (Å²) >= 11 is 0. The molecule has 1 aliphatic carbocycles. The fourth-order valence-corrected chi connectivity index (χ4v) is 2.68. The molecule has 1 fully saturated rings. The molecule has 0 radical (unpaired) electrons. The van der Waals surface area contributed by atoms with Crippen molar-refractivity contribution in [1.82, 2.24) is 14.9 Å². The summed E-state index contributed by atoms with van der Waals surface area (Å²) in [6, 6.07) is 0. The van der Waals surface area contributed by atoms with Crippen LogP contribution in [0.1, 0.15) is 18.4 Å². The normalized spacial score (nSPS) is 16.1. The maximum Gasteiger partial charge on any atom is 0.257 e. The second-order valence-electron chi connectivity index (χ2n) is 4.34. The fourth-order valence-electron chi connectivity index (χ4n) is 1.53. The highest BCUT2D eigenvalue weighted by atomic mass is 32.2. The first kappa shape index (κ1) is 13.5. The molecule has 4 N–H and O–H groups in total. The highest BCUT2D eigenvalue weighted by molar-refractivity contribution is 7.89. The van der Waals surface area contributed by atoms with Gasteiger partial charge in [0.2, 0.25) is 0 Å². The minimum atomic E-state index is -3.57. The molecule has 0 atom stereocenters. The molecule has 7 nitrogen and oxygen atoms in total. The lowest BCUT2D eigenvalue weighted by Crippen LogP contribution is -2.29. The third kappa shape index (κ3) is 3.52. The number of aromatic nitrogens is 2. The van der Waals surface area contributed by atoms with Gasteiger partial charge >= 0.3 is 0 Å². The van der Waals surface area contributed by atoms with Crippen LogP contribution < -0.4 is 10.5 Å². The van der Waals surface area contributed by atoms with Gasteiger partial charge in [-0.15, -0.1) is 0 Å². The molecule has 18 heavy (non-hydrogen) atoms. The molecule has 0 aliphatic heterocycles. The first-order valence-electron chi connectivity index (χ1n) is 5.93. The van der Waals surface area contributed by atoms with E-state index in [9.17, 15) is 8.42 Å². The van der Waals surface area contributed by atoms with E-state index in [1.807, 2.05) is 0 Å². The van der Waals surface area contributed by atoms with Crippen LogP contribution in [0, 0.1) is 5.92 Å². The first-order chi connectivity index (χ1) is 8.63. The molecule has 2 rings (SSSR count). The summed E-state index contributed by atoms with van der Waals surface area (Å²) < 4.78 is 31.6. The van der Waals surface area contributed by atoms with Gasteiger partial charge in [-0.2, -0.15) is 5.10 Å². The number of nitrogens with two attached hydrogens (primary N) is 1. The van der Waals surface area contributed by atoms with E-state index in [-0.39, 0.29) is 18.1 Å². The molecular weight excluding hydrogens is 256 g/mol. The maximum atomic E-state index is 11.9. The topological polar surface area (TPSA) is 110 Å². The summed E-state index contributed by atoms with van der Waals surface area (Å²) in [5.74, 6) is 0.679. The molecule has 0 aromatic carbocycles. The Morgan fingerprint density at radius 1 is 1.56 bits per heavy atom. The van der Waals surface area contributed by atoms with Crippen LogP contribution in [0.3, 0.4) is 0 Å². The van der Waals surface area contributed by atoms with Crippen LogP contribution in [0.2, 0.25) is 0 Å². The number of hydrogen-bond acceptors (Lipinski definition) is 5. The Bertz CT molecular complexity index is 481. The molecule has 0 unspecified atom stereocenters. The van der Waals surface area contributed by atoms with Gasteiger partial charge in [0.05, 0.1) is 12.8 Å². The number of nitrogens with one attached hydrogen (secondary N) is 2. The van der Waals surface area contributed by atoms with Crippen LogP contribution in [0.4, 0.5) is 0 Å². The highest BCUT2D eigenvalue weighted by Gasteiger charge is 2.22. The Balaban J connectivity index is 1.79. The predicted octanol–water partition coefficient (Wildman–Crippen LogP) is -0.427. The summed E-state index contributed by atoms with van der Waals surface area (Å²) in [5, 5.41) is 6.16. The predicted molar refractivity (Wildman–Crippen MR) is 65.2 cm³/mol. The zero-order chi connectivity index (χ0) is 13.0. The van der Waals surface area contributed by atoms with Crippen LogP contribution >= 0.6 is 0 Å².